The fraction of sp³-hybridized carbons (Fsp3) is 0.118. The van der Waals surface area contributed by atoms with E-state index in [2.05, 4.69) is 20.7 Å². The van der Waals surface area contributed by atoms with Crippen molar-refractivity contribution in [3.05, 3.63) is 71.9 Å². The molecule has 0 spiro atoms. The van der Waals surface area contributed by atoms with E-state index in [0.29, 0.717) is 11.4 Å². The summed E-state index contributed by atoms with van der Waals surface area (Å²) in [6.07, 6.45) is 0. The minimum Gasteiger partial charge on any atom is -0.344 e. The molecule has 1 amide bonds. The first kappa shape index (κ1) is 14.0. The van der Waals surface area contributed by atoms with E-state index in [4.69, 9.17) is 0 Å². The first-order valence-corrected chi connectivity index (χ1v) is 7.07. The van der Waals surface area contributed by atoms with Crippen LogP contribution in [0, 0.1) is 0 Å². The van der Waals surface area contributed by atoms with E-state index >= 15 is 0 Å². The summed E-state index contributed by atoms with van der Waals surface area (Å²) in [7, 11) is 0. The van der Waals surface area contributed by atoms with Crippen molar-refractivity contribution in [3.63, 3.8) is 0 Å². The topological polar surface area (TPSA) is 70.7 Å². The molecule has 0 bridgehead atoms. The van der Waals surface area contributed by atoms with Crippen LogP contribution in [0.3, 0.4) is 0 Å². The van der Waals surface area contributed by atoms with Crippen LogP contribution in [0.2, 0.25) is 0 Å². The number of rotatable bonds is 4. The minimum atomic E-state index is -0.246. The lowest BCUT2D eigenvalue weighted by atomic mass is 10.1. The molecule has 2 aromatic carbocycles. The zero-order valence-electron chi connectivity index (χ0n) is 12.2. The molecule has 0 aliphatic heterocycles. The van der Waals surface area contributed by atoms with Crippen LogP contribution in [0.4, 0.5) is 0 Å². The van der Waals surface area contributed by atoms with Gasteiger partial charge in [-0.05, 0) is 12.5 Å². The van der Waals surface area contributed by atoms with Gasteiger partial charge in [0, 0.05) is 5.56 Å². The third-order valence-corrected chi connectivity index (χ3v) is 3.46. The number of hydrogen-bond acceptors (Lipinski definition) is 3. The summed E-state index contributed by atoms with van der Waals surface area (Å²) in [6, 6.07) is 19.2. The smallest absolute Gasteiger partial charge is 0.274 e. The van der Waals surface area contributed by atoms with E-state index < -0.39 is 0 Å². The minimum absolute atomic E-state index is 0.103. The van der Waals surface area contributed by atoms with Crippen LogP contribution in [0.15, 0.2) is 60.7 Å². The molecule has 0 aliphatic rings. The van der Waals surface area contributed by atoms with Gasteiger partial charge in [0.05, 0.1) is 6.04 Å². The molecule has 110 valence electrons. The molecule has 1 unspecified atom stereocenters. The Morgan fingerprint density at radius 1 is 1.00 bits per heavy atom. The van der Waals surface area contributed by atoms with E-state index in [0.717, 1.165) is 11.1 Å². The van der Waals surface area contributed by atoms with Gasteiger partial charge in [-0.2, -0.15) is 15.4 Å². The first-order valence-electron chi connectivity index (χ1n) is 7.07. The molecule has 0 saturated carbocycles. The lowest BCUT2D eigenvalue weighted by Gasteiger charge is -2.13. The van der Waals surface area contributed by atoms with Crippen molar-refractivity contribution < 1.29 is 4.79 Å². The second kappa shape index (κ2) is 6.22. The van der Waals surface area contributed by atoms with Gasteiger partial charge in [0.25, 0.3) is 5.91 Å². The van der Waals surface area contributed by atoms with Gasteiger partial charge < -0.3 is 5.32 Å². The van der Waals surface area contributed by atoms with Gasteiger partial charge in [-0.25, -0.2) is 0 Å². The Balaban J connectivity index is 1.81. The van der Waals surface area contributed by atoms with Gasteiger partial charge in [-0.15, -0.1) is 0 Å². The fourth-order valence-corrected chi connectivity index (χ4v) is 2.28. The molecule has 2 N–H and O–H groups in total. The second-order valence-electron chi connectivity index (χ2n) is 4.99. The Morgan fingerprint density at radius 3 is 2.32 bits per heavy atom. The maximum Gasteiger partial charge on any atom is 0.274 e. The predicted octanol–water partition coefficient (Wildman–Crippen LogP) is 2.96. The highest BCUT2D eigenvalue weighted by molar-refractivity contribution is 5.98. The fourth-order valence-electron chi connectivity index (χ4n) is 2.28. The quantitative estimate of drug-likeness (QED) is 0.776. The third-order valence-electron chi connectivity index (χ3n) is 3.46. The molecule has 0 radical (unpaired) electrons. The molecular weight excluding hydrogens is 276 g/mol. The van der Waals surface area contributed by atoms with Gasteiger partial charge in [0.15, 0.2) is 5.69 Å². The van der Waals surface area contributed by atoms with Gasteiger partial charge in [0.1, 0.15) is 5.69 Å². The number of benzene rings is 2. The summed E-state index contributed by atoms with van der Waals surface area (Å²) < 4.78 is 0. The van der Waals surface area contributed by atoms with Gasteiger partial charge >= 0.3 is 0 Å². The van der Waals surface area contributed by atoms with Crippen LogP contribution in [-0.2, 0) is 0 Å². The molecule has 1 aromatic heterocycles. The summed E-state index contributed by atoms with van der Waals surface area (Å²) in [5, 5.41) is 13.6. The summed E-state index contributed by atoms with van der Waals surface area (Å²) >= 11 is 0. The van der Waals surface area contributed by atoms with Crippen LogP contribution >= 0.6 is 0 Å². The van der Waals surface area contributed by atoms with Gasteiger partial charge in [-0.1, -0.05) is 60.7 Å². The first-order chi connectivity index (χ1) is 10.8. The monoisotopic (exact) mass is 292 g/mol. The predicted molar refractivity (Wildman–Crippen MR) is 84.1 cm³/mol. The number of aromatic amines is 1. The molecule has 0 fully saturated rings. The van der Waals surface area contributed by atoms with Crippen LogP contribution < -0.4 is 5.32 Å². The Kier molecular flexibility index (Phi) is 3.96. The van der Waals surface area contributed by atoms with Crippen LogP contribution in [-0.4, -0.2) is 21.3 Å². The molecule has 5 nitrogen and oxygen atoms in total. The standard InChI is InChI=1S/C17H16N4O/c1-12(13-8-4-2-5-9-13)18-17(22)16-15(19-21-20-16)14-10-6-3-7-11-14/h2-12H,1H3,(H,18,22)(H,19,20,21). The number of hydrogen-bond donors (Lipinski definition) is 2. The normalized spacial score (nSPS) is 11.9. The number of nitrogens with one attached hydrogen (secondary N) is 2. The van der Waals surface area contributed by atoms with Crippen molar-refractivity contribution in [3.8, 4) is 11.3 Å². The average molecular weight is 292 g/mol. The number of carbonyl (C=O) groups is 1. The maximum absolute atomic E-state index is 12.5. The molecule has 0 saturated heterocycles. The van der Waals surface area contributed by atoms with Crippen LogP contribution in [0.25, 0.3) is 11.3 Å². The number of amides is 1. The molecule has 3 rings (SSSR count). The van der Waals surface area contributed by atoms with E-state index in [1.54, 1.807) is 0 Å². The Hall–Kier alpha value is -2.95. The van der Waals surface area contributed by atoms with Crippen molar-refractivity contribution in [1.29, 1.82) is 0 Å². The highest BCUT2D eigenvalue weighted by Crippen LogP contribution is 2.20. The third kappa shape index (κ3) is 2.88. The zero-order valence-corrected chi connectivity index (χ0v) is 12.2. The highest BCUT2D eigenvalue weighted by atomic mass is 16.2. The summed E-state index contributed by atoms with van der Waals surface area (Å²) in [4.78, 5) is 12.5. The number of nitrogens with zero attached hydrogens (tertiary/aromatic N) is 2. The number of aromatic nitrogens is 3. The van der Waals surface area contributed by atoms with Crippen LogP contribution in [0.5, 0.6) is 0 Å². The SMILES string of the molecule is CC(NC(=O)c1n[nH]nc1-c1ccccc1)c1ccccc1. The lowest BCUT2D eigenvalue weighted by molar-refractivity contribution is 0.0935. The summed E-state index contributed by atoms with van der Waals surface area (Å²) in [6.45, 7) is 1.94. The molecule has 0 aliphatic carbocycles. The lowest BCUT2D eigenvalue weighted by Crippen LogP contribution is -2.27. The average Bonchev–Trinajstić information content (AvgIpc) is 3.06. The molecule has 3 aromatic rings. The summed E-state index contributed by atoms with van der Waals surface area (Å²) in [5.41, 5.74) is 2.75. The summed E-state index contributed by atoms with van der Waals surface area (Å²) in [5.74, 6) is -0.246. The Morgan fingerprint density at radius 2 is 1.64 bits per heavy atom. The zero-order chi connectivity index (χ0) is 15.4. The second-order valence-corrected chi connectivity index (χ2v) is 4.99. The van der Waals surface area contributed by atoms with E-state index in [-0.39, 0.29) is 11.9 Å². The largest absolute Gasteiger partial charge is 0.344 e. The van der Waals surface area contributed by atoms with Gasteiger partial charge in [-0.3, -0.25) is 4.79 Å². The van der Waals surface area contributed by atoms with Crippen LogP contribution in [0.1, 0.15) is 29.0 Å². The van der Waals surface area contributed by atoms with Crippen molar-refractivity contribution in [2.75, 3.05) is 0 Å². The molecule has 1 heterocycles. The highest BCUT2D eigenvalue weighted by Gasteiger charge is 2.19. The van der Waals surface area contributed by atoms with E-state index in [1.807, 2.05) is 67.6 Å². The Bertz CT molecular complexity index is 753. The van der Waals surface area contributed by atoms with Crippen molar-refractivity contribution in [2.45, 2.75) is 13.0 Å². The number of H-pyrrole nitrogens is 1. The Labute approximate surface area is 128 Å². The molecule has 22 heavy (non-hydrogen) atoms. The van der Waals surface area contributed by atoms with Crippen molar-refractivity contribution in [2.24, 2.45) is 0 Å². The molecule has 5 heteroatoms. The van der Waals surface area contributed by atoms with E-state index in [9.17, 15) is 4.79 Å². The van der Waals surface area contributed by atoms with Crippen molar-refractivity contribution in [1.82, 2.24) is 20.7 Å². The maximum atomic E-state index is 12.5. The van der Waals surface area contributed by atoms with Crippen molar-refractivity contribution >= 4 is 5.91 Å². The van der Waals surface area contributed by atoms with E-state index in [1.165, 1.54) is 0 Å². The number of carbonyl (C=O) groups excluding carboxylic acids is 1. The molecular formula is C17H16N4O. The molecule has 1 atom stereocenters. The van der Waals surface area contributed by atoms with Gasteiger partial charge in [0.2, 0.25) is 0 Å².